The van der Waals surface area contributed by atoms with E-state index in [9.17, 15) is 4.79 Å². The molecule has 0 unspecified atom stereocenters. The fourth-order valence-electron chi connectivity index (χ4n) is 1.51. The second kappa shape index (κ2) is 4.29. The van der Waals surface area contributed by atoms with E-state index >= 15 is 0 Å². The Morgan fingerprint density at radius 3 is 3.00 bits per heavy atom. The van der Waals surface area contributed by atoms with E-state index < -0.39 is 0 Å². The molecule has 0 saturated heterocycles. The van der Waals surface area contributed by atoms with Crippen molar-refractivity contribution < 1.29 is 9.53 Å². The molecule has 0 fully saturated rings. The van der Waals surface area contributed by atoms with Crippen molar-refractivity contribution in [2.75, 3.05) is 6.61 Å². The zero-order valence-corrected chi connectivity index (χ0v) is 7.75. The van der Waals surface area contributed by atoms with E-state index in [2.05, 4.69) is 13.0 Å². The first-order chi connectivity index (χ1) is 5.74. The van der Waals surface area contributed by atoms with E-state index in [1.165, 1.54) is 0 Å². The van der Waals surface area contributed by atoms with E-state index in [-0.39, 0.29) is 11.9 Å². The summed E-state index contributed by atoms with van der Waals surface area (Å²) in [6, 6.07) is 0. The van der Waals surface area contributed by atoms with Crippen LogP contribution in [0.25, 0.3) is 0 Å². The second-order valence-electron chi connectivity index (χ2n) is 3.36. The van der Waals surface area contributed by atoms with Crippen molar-refractivity contribution in [1.29, 1.82) is 0 Å². The highest BCUT2D eigenvalue weighted by Gasteiger charge is 2.21. The fourth-order valence-corrected chi connectivity index (χ4v) is 1.51. The molecule has 0 amide bonds. The van der Waals surface area contributed by atoms with Gasteiger partial charge >= 0.3 is 5.97 Å². The van der Waals surface area contributed by atoms with Crippen LogP contribution in [0.5, 0.6) is 0 Å². The van der Waals surface area contributed by atoms with Gasteiger partial charge < -0.3 is 4.74 Å². The van der Waals surface area contributed by atoms with E-state index in [4.69, 9.17) is 4.74 Å². The number of carbonyl (C=O) groups excluding carboxylic acids is 1. The Morgan fingerprint density at radius 1 is 1.67 bits per heavy atom. The largest absolute Gasteiger partial charge is 0.466 e. The molecule has 0 heterocycles. The van der Waals surface area contributed by atoms with Gasteiger partial charge in [-0.3, -0.25) is 4.79 Å². The maximum Gasteiger partial charge on any atom is 0.312 e. The molecule has 0 radical (unpaired) electrons. The van der Waals surface area contributed by atoms with Crippen molar-refractivity contribution in [1.82, 2.24) is 0 Å². The van der Waals surface area contributed by atoms with E-state index in [0.717, 1.165) is 12.8 Å². The molecule has 0 saturated carbocycles. The van der Waals surface area contributed by atoms with Gasteiger partial charge in [-0.05, 0) is 25.7 Å². The van der Waals surface area contributed by atoms with Crippen LogP contribution in [-0.2, 0) is 9.53 Å². The maximum absolute atomic E-state index is 11.3. The van der Waals surface area contributed by atoms with Crippen molar-refractivity contribution in [2.45, 2.75) is 26.7 Å². The van der Waals surface area contributed by atoms with Gasteiger partial charge in [-0.25, -0.2) is 0 Å². The normalized spacial score (nSPS) is 28.5. The Balaban J connectivity index is 2.46. The molecule has 1 aliphatic rings. The van der Waals surface area contributed by atoms with Gasteiger partial charge in [-0.1, -0.05) is 19.1 Å². The highest BCUT2D eigenvalue weighted by molar-refractivity contribution is 5.74. The Labute approximate surface area is 73.6 Å². The van der Waals surface area contributed by atoms with Crippen LogP contribution >= 0.6 is 0 Å². The van der Waals surface area contributed by atoms with Gasteiger partial charge in [0, 0.05) is 0 Å². The number of allylic oxidation sites excluding steroid dienone is 1. The smallest absolute Gasteiger partial charge is 0.312 e. The predicted molar refractivity (Wildman–Crippen MR) is 47.7 cm³/mol. The molecular formula is C10H16O2. The summed E-state index contributed by atoms with van der Waals surface area (Å²) in [5, 5.41) is 0. The SMILES string of the molecule is CCOC(=O)[C@H]1C=CC[C@H](C)C1. The lowest BCUT2D eigenvalue weighted by Gasteiger charge is -2.19. The molecule has 1 aliphatic carbocycles. The average molecular weight is 168 g/mol. The van der Waals surface area contributed by atoms with Gasteiger partial charge in [0.2, 0.25) is 0 Å². The summed E-state index contributed by atoms with van der Waals surface area (Å²) in [4.78, 5) is 11.3. The van der Waals surface area contributed by atoms with Crippen LogP contribution < -0.4 is 0 Å². The molecule has 68 valence electrons. The third-order valence-corrected chi connectivity index (χ3v) is 2.15. The average Bonchev–Trinajstić information content (AvgIpc) is 2.05. The molecule has 2 atom stereocenters. The van der Waals surface area contributed by atoms with Crippen molar-refractivity contribution in [3.05, 3.63) is 12.2 Å². The van der Waals surface area contributed by atoms with Crippen LogP contribution in [0.15, 0.2) is 12.2 Å². The maximum atomic E-state index is 11.3. The first-order valence-corrected chi connectivity index (χ1v) is 4.57. The van der Waals surface area contributed by atoms with Crippen LogP contribution in [0.4, 0.5) is 0 Å². The minimum absolute atomic E-state index is 0.00806. The number of hydrogen-bond acceptors (Lipinski definition) is 2. The minimum atomic E-state index is -0.0692. The lowest BCUT2D eigenvalue weighted by molar-refractivity contribution is -0.146. The molecule has 0 N–H and O–H groups in total. The van der Waals surface area contributed by atoms with Crippen molar-refractivity contribution in [2.24, 2.45) is 11.8 Å². The Kier molecular flexibility index (Phi) is 3.32. The molecule has 0 spiro atoms. The van der Waals surface area contributed by atoms with Crippen LogP contribution in [0.1, 0.15) is 26.7 Å². The highest BCUT2D eigenvalue weighted by Crippen LogP contribution is 2.23. The Morgan fingerprint density at radius 2 is 2.42 bits per heavy atom. The molecule has 2 nitrogen and oxygen atoms in total. The van der Waals surface area contributed by atoms with Gasteiger partial charge in [0.15, 0.2) is 0 Å². The van der Waals surface area contributed by atoms with Gasteiger partial charge in [0.25, 0.3) is 0 Å². The fraction of sp³-hybridized carbons (Fsp3) is 0.700. The Hall–Kier alpha value is -0.790. The third-order valence-electron chi connectivity index (χ3n) is 2.15. The molecule has 0 aromatic heterocycles. The van der Waals surface area contributed by atoms with E-state index in [0.29, 0.717) is 12.5 Å². The van der Waals surface area contributed by atoms with Crippen LogP contribution in [0.3, 0.4) is 0 Å². The highest BCUT2D eigenvalue weighted by atomic mass is 16.5. The van der Waals surface area contributed by atoms with Crippen LogP contribution in [-0.4, -0.2) is 12.6 Å². The summed E-state index contributed by atoms with van der Waals surface area (Å²) >= 11 is 0. The number of hydrogen-bond donors (Lipinski definition) is 0. The lowest BCUT2D eigenvalue weighted by atomic mass is 9.88. The lowest BCUT2D eigenvalue weighted by Crippen LogP contribution is -2.20. The molecule has 0 aliphatic heterocycles. The molecule has 0 aromatic carbocycles. The summed E-state index contributed by atoms with van der Waals surface area (Å²) in [7, 11) is 0. The Bertz CT molecular complexity index is 184. The summed E-state index contributed by atoms with van der Waals surface area (Å²) in [5.41, 5.74) is 0. The molecular weight excluding hydrogens is 152 g/mol. The number of rotatable bonds is 2. The van der Waals surface area contributed by atoms with Gasteiger partial charge in [-0.2, -0.15) is 0 Å². The monoisotopic (exact) mass is 168 g/mol. The summed E-state index contributed by atoms with van der Waals surface area (Å²) in [6.07, 6.45) is 6.08. The second-order valence-corrected chi connectivity index (χ2v) is 3.36. The van der Waals surface area contributed by atoms with Crippen molar-refractivity contribution >= 4 is 5.97 Å². The van der Waals surface area contributed by atoms with Crippen LogP contribution in [0, 0.1) is 11.8 Å². The van der Waals surface area contributed by atoms with Gasteiger partial charge in [0.05, 0.1) is 12.5 Å². The number of esters is 1. The molecule has 0 bridgehead atoms. The molecule has 0 aromatic rings. The van der Waals surface area contributed by atoms with E-state index in [1.807, 2.05) is 13.0 Å². The van der Waals surface area contributed by atoms with Crippen molar-refractivity contribution in [3.63, 3.8) is 0 Å². The topological polar surface area (TPSA) is 26.3 Å². The zero-order valence-electron chi connectivity index (χ0n) is 7.75. The summed E-state index contributed by atoms with van der Waals surface area (Å²) < 4.78 is 4.94. The molecule has 2 heteroatoms. The zero-order chi connectivity index (χ0) is 8.97. The third kappa shape index (κ3) is 2.36. The summed E-state index contributed by atoms with van der Waals surface area (Å²) in [6.45, 7) is 4.49. The van der Waals surface area contributed by atoms with Gasteiger partial charge in [-0.15, -0.1) is 0 Å². The number of carbonyl (C=O) groups is 1. The quantitative estimate of drug-likeness (QED) is 0.466. The molecule has 1 rings (SSSR count). The first kappa shape index (κ1) is 9.30. The standard InChI is InChI=1S/C10H16O2/c1-3-12-10(11)9-6-4-5-8(2)7-9/h4,6,8-9H,3,5,7H2,1-2H3/t8-,9-/m0/s1. The van der Waals surface area contributed by atoms with Crippen LogP contribution in [0.2, 0.25) is 0 Å². The van der Waals surface area contributed by atoms with Gasteiger partial charge in [0.1, 0.15) is 0 Å². The predicted octanol–water partition coefficient (Wildman–Crippen LogP) is 2.15. The minimum Gasteiger partial charge on any atom is -0.466 e. The number of ether oxygens (including phenoxy) is 1. The summed E-state index contributed by atoms with van der Waals surface area (Å²) in [5.74, 6) is 0.554. The van der Waals surface area contributed by atoms with E-state index in [1.54, 1.807) is 0 Å². The molecule has 12 heavy (non-hydrogen) atoms. The first-order valence-electron chi connectivity index (χ1n) is 4.57. The van der Waals surface area contributed by atoms with Crippen molar-refractivity contribution in [3.8, 4) is 0 Å².